The second kappa shape index (κ2) is 9.79. The lowest BCUT2D eigenvalue weighted by Crippen LogP contribution is -2.49. The summed E-state index contributed by atoms with van der Waals surface area (Å²) in [6, 6.07) is 20.0. The predicted molar refractivity (Wildman–Crippen MR) is 149 cm³/mol. The summed E-state index contributed by atoms with van der Waals surface area (Å²) in [6.07, 6.45) is 7.42. The summed E-state index contributed by atoms with van der Waals surface area (Å²) in [5, 5.41) is 15.2. The largest absolute Gasteiger partial charge is 0.379 e. The second-order valence-electron chi connectivity index (χ2n) is 11.6. The first-order chi connectivity index (χ1) is 18.7. The molecule has 0 spiro atoms. The van der Waals surface area contributed by atoms with Crippen LogP contribution in [0, 0.1) is 33.3 Å². The Morgan fingerprint density at radius 2 is 1.46 bits per heavy atom. The van der Waals surface area contributed by atoms with E-state index >= 15 is 0 Å². The van der Waals surface area contributed by atoms with E-state index in [1.807, 2.05) is 35.1 Å². The molecule has 2 N–H and O–H groups in total. The normalized spacial score (nSPS) is 25.3. The molecule has 0 unspecified atom stereocenters. The maximum Gasteiger partial charge on any atom is 0.293 e. The summed E-state index contributed by atoms with van der Waals surface area (Å²) in [7, 11) is -4.33. The number of rotatable bonds is 8. The number of carbonyl (C=O) groups excluding carboxylic acids is 1. The Morgan fingerprint density at radius 1 is 0.872 bits per heavy atom. The number of carbonyl (C=O) groups is 1. The van der Waals surface area contributed by atoms with Crippen LogP contribution in [0.25, 0.3) is 11.1 Å². The van der Waals surface area contributed by atoms with Gasteiger partial charge >= 0.3 is 0 Å². The third-order valence-electron chi connectivity index (χ3n) is 8.78. The Kier molecular flexibility index (Phi) is 6.41. The predicted octanol–water partition coefficient (Wildman–Crippen LogP) is 6.01. The maximum absolute atomic E-state index is 13.0. The number of nitro groups is 1. The molecular formula is C30H31N3O5S. The lowest BCUT2D eigenvalue weighted by molar-refractivity contribution is -0.384. The van der Waals surface area contributed by atoms with Crippen LogP contribution in [0.1, 0.15) is 48.9 Å². The first-order valence-electron chi connectivity index (χ1n) is 13.4. The average Bonchev–Trinajstić information content (AvgIpc) is 2.91. The Hall–Kier alpha value is -3.72. The zero-order valence-corrected chi connectivity index (χ0v) is 22.3. The topological polar surface area (TPSA) is 118 Å². The monoisotopic (exact) mass is 545 g/mol. The number of benzene rings is 3. The molecule has 0 radical (unpaired) electrons. The van der Waals surface area contributed by atoms with Crippen molar-refractivity contribution in [2.45, 2.75) is 43.4 Å². The van der Waals surface area contributed by atoms with Crippen molar-refractivity contribution < 1.29 is 18.1 Å². The fraction of sp³-hybridized carbons (Fsp3) is 0.367. The van der Waals surface area contributed by atoms with Gasteiger partial charge in [0.2, 0.25) is 0 Å². The van der Waals surface area contributed by atoms with Crippen molar-refractivity contribution >= 4 is 27.3 Å². The SMILES string of the molecule is O=C(NS(=O)(=O)c1ccc(NCC23CC4CC(CC(C4)C2)C3)c([N+](=O)[O-])c1)c1ccc(-c2ccccc2)cc1. The molecule has 3 aromatic rings. The van der Waals surface area contributed by atoms with Gasteiger partial charge in [0.05, 0.1) is 9.82 Å². The number of nitrogens with one attached hydrogen (secondary N) is 2. The van der Waals surface area contributed by atoms with Crippen molar-refractivity contribution in [2.75, 3.05) is 11.9 Å². The van der Waals surface area contributed by atoms with E-state index in [-0.39, 0.29) is 21.6 Å². The van der Waals surface area contributed by atoms with Gasteiger partial charge in [-0.3, -0.25) is 14.9 Å². The van der Waals surface area contributed by atoms with Gasteiger partial charge in [-0.15, -0.1) is 0 Å². The second-order valence-corrected chi connectivity index (χ2v) is 13.3. The van der Waals surface area contributed by atoms with Crippen LogP contribution in [0.5, 0.6) is 0 Å². The van der Waals surface area contributed by atoms with Crippen molar-refractivity contribution in [1.82, 2.24) is 4.72 Å². The van der Waals surface area contributed by atoms with Crippen LogP contribution >= 0.6 is 0 Å². The minimum absolute atomic E-state index is 0.164. The molecule has 0 aliphatic heterocycles. The van der Waals surface area contributed by atoms with Gasteiger partial charge in [-0.1, -0.05) is 42.5 Å². The third-order valence-corrected chi connectivity index (χ3v) is 10.1. The van der Waals surface area contributed by atoms with E-state index in [1.54, 1.807) is 24.3 Å². The van der Waals surface area contributed by atoms with Gasteiger partial charge in [-0.2, -0.15) is 0 Å². The smallest absolute Gasteiger partial charge is 0.293 e. The van der Waals surface area contributed by atoms with Gasteiger partial charge in [0.1, 0.15) is 5.69 Å². The molecule has 4 saturated carbocycles. The number of hydrogen-bond acceptors (Lipinski definition) is 6. The Balaban J connectivity index is 1.16. The first-order valence-corrected chi connectivity index (χ1v) is 14.9. The highest BCUT2D eigenvalue weighted by Crippen LogP contribution is 2.60. The molecule has 4 aliphatic rings. The molecule has 1 amide bonds. The summed E-state index contributed by atoms with van der Waals surface area (Å²) >= 11 is 0. The number of nitrogens with zero attached hydrogens (tertiary/aromatic N) is 1. The van der Waals surface area contributed by atoms with Crippen molar-refractivity contribution in [3.8, 4) is 11.1 Å². The summed E-state index contributed by atoms with van der Waals surface area (Å²) in [4.78, 5) is 23.7. The molecule has 7 rings (SSSR count). The fourth-order valence-electron chi connectivity index (χ4n) is 7.45. The minimum Gasteiger partial charge on any atom is -0.379 e. The van der Waals surface area contributed by atoms with Crippen molar-refractivity contribution in [2.24, 2.45) is 23.2 Å². The summed E-state index contributed by atoms with van der Waals surface area (Å²) in [5.41, 5.74) is 2.18. The molecule has 8 nitrogen and oxygen atoms in total. The van der Waals surface area contributed by atoms with Crippen LogP contribution in [0.4, 0.5) is 11.4 Å². The zero-order chi connectivity index (χ0) is 27.2. The van der Waals surface area contributed by atoms with Crippen molar-refractivity contribution in [3.05, 3.63) is 88.5 Å². The van der Waals surface area contributed by atoms with Crippen molar-refractivity contribution in [3.63, 3.8) is 0 Å². The number of anilines is 1. The maximum atomic E-state index is 13.0. The molecule has 4 fully saturated rings. The molecule has 202 valence electrons. The third kappa shape index (κ3) is 5.15. The van der Waals surface area contributed by atoms with Crippen LogP contribution in [-0.4, -0.2) is 25.8 Å². The summed E-state index contributed by atoms with van der Waals surface area (Å²) in [6.45, 7) is 0.652. The Bertz CT molecular complexity index is 1480. The first kappa shape index (κ1) is 25.6. The summed E-state index contributed by atoms with van der Waals surface area (Å²) in [5.74, 6) is 1.48. The standard InChI is InChI=1S/C30H31N3O5S/c34-29(25-8-6-24(7-9-25)23-4-2-1-3-5-23)32-39(37,38)26-10-11-27(28(15-26)33(35)36)31-19-30-16-20-12-21(17-30)14-22(13-20)18-30/h1-11,15,20-22,31H,12-14,16-19H2,(H,32,34). The highest BCUT2D eigenvalue weighted by Gasteiger charge is 2.50. The van der Waals surface area contributed by atoms with E-state index in [0.717, 1.165) is 54.2 Å². The van der Waals surface area contributed by atoms with Crippen LogP contribution in [0.3, 0.4) is 0 Å². The van der Waals surface area contributed by atoms with Crippen LogP contribution < -0.4 is 10.0 Å². The molecule has 0 atom stereocenters. The van der Waals surface area contributed by atoms with E-state index in [1.165, 1.54) is 31.4 Å². The van der Waals surface area contributed by atoms with E-state index in [0.29, 0.717) is 12.2 Å². The molecule has 0 aromatic heterocycles. The molecule has 0 heterocycles. The highest BCUT2D eigenvalue weighted by molar-refractivity contribution is 7.90. The van der Waals surface area contributed by atoms with E-state index in [9.17, 15) is 23.3 Å². The highest BCUT2D eigenvalue weighted by atomic mass is 32.2. The van der Waals surface area contributed by atoms with E-state index in [4.69, 9.17) is 0 Å². The van der Waals surface area contributed by atoms with Gasteiger partial charge in [-0.05, 0) is 97.1 Å². The van der Waals surface area contributed by atoms with Gasteiger partial charge in [-0.25, -0.2) is 13.1 Å². The van der Waals surface area contributed by atoms with Crippen LogP contribution in [-0.2, 0) is 10.0 Å². The summed E-state index contributed by atoms with van der Waals surface area (Å²) < 4.78 is 28.1. The quantitative estimate of drug-likeness (QED) is 0.264. The van der Waals surface area contributed by atoms with Gasteiger partial charge in [0.25, 0.3) is 21.6 Å². The Morgan fingerprint density at radius 3 is 2.05 bits per heavy atom. The lowest BCUT2D eigenvalue weighted by Gasteiger charge is -2.57. The molecule has 4 aliphatic carbocycles. The molecule has 0 saturated heterocycles. The number of hydrogen-bond donors (Lipinski definition) is 2. The average molecular weight is 546 g/mol. The zero-order valence-electron chi connectivity index (χ0n) is 21.5. The lowest BCUT2D eigenvalue weighted by atomic mass is 9.49. The number of amides is 1. The molecule has 3 aromatic carbocycles. The molecular weight excluding hydrogens is 514 g/mol. The Labute approximate surface area is 228 Å². The van der Waals surface area contributed by atoms with Crippen LogP contribution in [0.15, 0.2) is 77.7 Å². The fourth-order valence-corrected chi connectivity index (χ4v) is 8.45. The van der Waals surface area contributed by atoms with Crippen molar-refractivity contribution in [1.29, 1.82) is 0 Å². The minimum atomic E-state index is -4.33. The number of sulfonamides is 1. The van der Waals surface area contributed by atoms with E-state index < -0.39 is 20.9 Å². The van der Waals surface area contributed by atoms with Gasteiger partial charge in [0, 0.05) is 18.2 Å². The van der Waals surface area contributed by atoms with E-state index in [2.05, 4.69) is 5.32 Å². The van der Waals surface area contributed by atoms with Crippen LogP contribution in [0.2, 0.25) is 0 Å². The molecule has 39 heavy (non-hydrogen) atoms. The van der Waals surface area contributed by atoms with Gasteiger partial charge in [0.15, 0.2) is 0 Å². The molecule has 9 heteroatoms. The molecule has 4 bridgehead atoms. The van der Waals surface area contributed by atoms with Gasteiger partial charge < -0.3 is 5.32 Å². The number of nitro benzene ring substituents is 1.